The number of rotatable bonds is 3. The van der Waals surface area contributed by atoms with Gasteiger partial charge >= 0.3 is 6.09 Å². The number of morpholine rings is 1. The normalized spacial score (nSPS) is 18.9. The Bertz CT molecular complexity index is 770. The number of nitrogens with zero attached hydrogens (tertiary/aromatic N) is 7. The molecule has 0 atom stereocenters. The standard InChI is InChI=1S/C13H16ClN7O3/c14-12-15-10(19-1-3-24-4-2-19)9-11(16-12)21(18-17-9)7-8-5-20(6-8)13(22)23/h8H,1-7H2,(H,22,23). The summed E-state index contributed by atoms with van der Waals surface area (Å²) in [4.78, 5) is 22.8. The number of carboxylic acid groups (broad SMARTS) is 1. The summed E-state index contributed by atoms with van der Waals surface area (Å²) in [5.74, 6) is 0.867. The maximum Gasteiger partial charge on any atom is 0.407 e. The number of aromatic nitrogens is 5. The molecule has 2 fully saturated rings. The van der Waals surface area contributed by atoms with E-state index in [1.807, 2.05) is 0 Å². The summed E-state index contributed by atoms with van der Waals surface area (Å²) in [6.07, 6.45) is -0.894. The molecule has 128 valence electrons. The highest BCUT2D eigenvalue weighted by molar-refractivity contribution is 6.28. The first kappa shape index (κ1) is 15.3. The quantitative estimate of drug-likeness (QED) is 0.786. The average molecular weight is 354 g/mol. The minimum Gasteiger partial charge on any atom is -0.465 e. The van der Waals surface area contributed by atoms with Gasteiger partial charge in [0.25, 0.3) is 0 Å². The molecule has 0 radical (unpaired) electrons. The van der Waals surface area contributed by atoms with Crippen molar-refractivity contribution in [2.45, 2.75) is 6.54 Å². The van der Waals surface area contributed by atoms with Gasteiger partial charge in [0.1, 0.15) is 0 Å². The van der Waals surface area contributed by atoms with Crippen LogP contribution in [0.4, 0.5) is 10.6 Å². The molecule has 1 N–H and O–H groups in total. The number of halogens is 1. The molecule has 0 unspecified atom stereocenters. The molecule has 4 heterocycles. The zero-order chi connectivity index (χ0) is 16.7. The minimum atomic E-state index is -0.894. The van der Waals surface area contributed by atoms with E-state index in [1.54, 1.807) is 4.68 Å². The molecular weight excluding hydrogens is 338 g/mol. The maximum absolute atomic E-state index is 10.8. The Kier molecular flexibility index (Phi) is 3.85. The molecule has 2 aromatic heterocycles. The van der Waals surface area contributed by atoms with Crippen LogP contribution in [0.15, 0.2) is 0 Å². The third kappa shape index (κ3) is 2.71. The van der Waals surface area contributed by atoms with Gasteiger partial charge in [-0.25, -0.2) is 9.48 Å². The zero-order valence-electron chi connectivity index (χ0n) is 12.8. The summed E-state index contributed by atoms with van der Waals surface area (Å²) in [5, 5.41) is 17.4. The van der Waals surface area contributed by atoms with Crippen molar-refractivity contribution in [2.24, 2.45) is 5.92 Å². The summed E-state index contributed by atoms with van der Waals surface area (Å²) in [7, 11) is 0. The molecular formula is C13H16ClN7O3. The molecule has 0 aliphatic carbocycles. The molecule has 24 heavy (non-hydrogen) atoms. The summed E-state index contributed by atoms with van der Waals surface area (Å²) in [5.41, 5.74) is 1.18. The van der Waals surface area contributed by atoms with E-state index in [0.29, 0.717) is 62.9 Å². The molecule has 10 nitrogen and oxygen atoms in total. The Hall–Kier alpha value is -2.20. The highest BCUT2D eigenvalue weighted by Gasteiger charge is 2.31. The predicted molar refractivity (Wildman–Crippen MR) is 84.2 cm³/mol. The number of hydrogen-bond donors (Lipinski definition) is 1. The number of ether oxygens (including phenoxy) is 1. The molecule has 2 aliphatic rings. The number of fused-ring (bicyclic) bond motifs is 1. The zero-order valence-corrected chi connectivity index (χ0v) is 13.6. The molecule has 0 aromatic carbocycles. The van der Waals surface area contributed by atoms with Crippen molar-refractivity contribution < 1.29 is 14.6 Å². The van der Waals surface area contributed by atoms with Gasteiger partial charge in [-0.05, 0) is 11.6 Å². The van der Waals surface area contributed by atoms with Gasteiger partial charge in [0, 0.05) is 32.1 Å². The molecule has 4 rings (SSSR count). The summed E-state index contributed by atoms with van der Waals surface area (Å²) in [6, 6.07) is 0. The van der Waals surface area contributed by atoms with E-state index in [0.717, 1.165) is 0 Å². The summed E-state index contributed by atoms with van der Waals surface area (Å²) < 4.78 is 7.04. The van der Waals surface area contributed by atoms with Crippen LogP contribution in [0.5, 0.6) is 0 Å². The van der Waals surface area contributed by atoms with E-state index in [2.05, 4.69) is 25.2 Å². The largest absolute Gasteiger partial charge is 0.465 e. The molecule has 1 amide bonds. The lowest BCUT2D eigenvalue weighted by Crippen LogP contribution is -2.50. The molecule has 2 aliphatic heterocycles. The van der Waals surface area contributed by atoms with E-state index in [4.69, 9.17) is 21.4 Å². The predicted octanol–water partition coefficient (Wildman–Crippen LogP) is 0.321. The van der Waals surface area contributed by atoms with Gasteiger partial charge in [-0.3, -0.25) is 0 Å². The van der Waals surface area contributed by atoms with Gasteiger partial charge in [0.05, 0.1) is 19.8 Å². The Morgan fingerprint density at radius 3 is 2.75 bits per heavy atom. The second kappa shape index (κ2) is 6.02. The highest BCUT2D eigenvalue weighted by atomic mass is 35.5. The van der Waals surface area contributed by atoms with Crippen molar-refractivity contribution in [3.05, 3.63) is 5.28 Å². The smallest absolute Gasteiger partial charge is 0.407 e. The number of amides is 1. The number of anilines is 1. The Labute approximate surface area is 142 Å². The van der Waals surface area contributed by atoms with Crippen LogP contribution in [-0.4, -0.2) is 80.5 Å². The maximum atomic E-state index is 10.8. The van der Waals surface area contributed by atoms with Gasteiger partial charge in [-0.15, -0.1) is 5.10 Å². The fourth-order valence-electron chi connectivity index (χ4n) is 3.02. The molecule has 2 aromatic rings. The van der Waals surface area contributed by atoms with E-state index in [-0.39, 0.29) is 11.2 Å². The van der Waals surface area contributed by atoms with Crippen LogP contribution in [0.2, 0.25) is 5.28 Å². The molecule has 2 saturated heterocycles. The number of hydrogen-bond acceptors (Lipinski definition) is 7. The third-order valence-corrected chi connectivity index (χ3v) is 4.46. The fourth-order valence-corrected chi connectivity index (χ4v) is 3.18. The first-order valence-electron chi connectivity index (χ1n) is 7.69. The van der Waals surface area contributed by atoms with Crippen LogP contribution in [0.3, 0.4) is 0 Å². The topological polar surface area (TPSA) is 110 Å². The lowest BCUT2D eigenvalue weighted by molar-refractivity contribution is 0.0734. The SMILES string of the molecule is O=C(O)N1CC(Cn2nnc3c(N4CCOCC4)nc(Cl)nc32)C1. The summed E-state index contributed by atoms with van der Waals surface area (Å²) >= 11 is 6.09. The van der Waals surface area contributed by atoms with Gasteiger partial charge in [0.2, 0.25) is 5.28 Å². The lowest BCUT2D eigenvalue weighted by Gasteiger charge is -2.36. The number of likely N-dealkylation sites (tertiary alicyclic amines) is 1. The van der Waals surface area contributed by atoms with Crippen LogP contribution in [-0.2, 0) is 11.3 Å². The van der Waals surface area contributed by atoms with Gasteiger partial charge in [-0.2, -0.15) is 9.97 Å². The Balaban J connectivity index is 1.59. The van der Waals surface area contributed by atoms with Crippen LogP contribution in [0.25, 0.3) is 11.2 Å². The second-order valence-corrected chi connectivity index (χ2v) is 6.25. The van der Waals surface area contributed by atoms with E-state index >= 15 is 0 Å². The van der Waals surface area contributed by atoms with Crippen LogP contribution in [0.1, 0.15) is 0 Å². The van der Waals surface area contributed by atoms with Crippen molar-refractivity contribution in [2.75, 3.05) is 44.3 Å². The van der Waals surface area contributed by atoms with Crippen LogP contribution in [0, 0.1) is 5.92 Å². The van der Waals surface area contributed by atoms with Crippen molar-refractivity contribution >= 4 is 34.7 Å². The monoisotopic (exact) mass is 353 g/mol. The van der Waals surface area contributed by atoms with Crippen molar-refractivity contribution in [3.8, 4) is 0 Å². The number of carbonyl (C=O) groups is 1. The van der Waals surface area contributed by atoms with Crippen LogP contribution < -0.4 is 4.90 Å². The third-order valence-electron chi connectivity index (χ3n) is 4.29. The second-order valence-electron chi connectivity index (χ2n) is 5.91. The molecule has 0 saturated carbocycles. The fraction of sp³-hybridized carbons (Fsp3) is 0.615. The average Bonchev–Trinajstić information content (AvgIpc) is 2.93. The van der Waals surface area contributed by atoms with Gasteiger partial charge in [-0.1, -0.05) is 5.21 Å². The van der Waals surface area contributed by atoms with E-state index < -0.39 is 6.09 Å². The minimum absolute atomic E-state index is 0.147. The molecule has 0 bridgehead atoms. The Morgan fingerprint density at radius 2 is 2.04 bits per heavy atom. The Morgan fingerprint density at radius 1 is 1.29 bits per heavy atom. The van der Waals surface area contributed by atoms with Crippen molar-refractivity contribution in [1.82, 2.24) is 29.9 Å². The van der Waals surface area contributed by atoms with Crippen LogP contribution >= 0.6 is 11.6 Å². The van der Waals surface area contributed by atoms with Gasteiger partial charge in [0.15, 0.2) is 17.0 Å². The first-order chi connectivity index (χ1) is 11.6. The molecule has 0 spiro atoms. The van der Waals surface area contributed by atoms with Gasteiger partial charge < -0.3 is 19.6 Å². The first-order valence-corrected chi connectivity index (χ1v) is 8.07. The van der Waals surface area contributed by atoms with E-state index in [1.165, 1.54) is 4.90 Å². The van der Waals surface area contributed by atoms with E-state index in [9.17, 15) is 4.79 Å². The summed E-state index contributed by atoms with van der Waals surface area (Å²) in [6.45, 7) is 4.22. The molecule has 11 heteroatoms. The highest BCUT2D eigenvalue weighted by Crippen LogP contribution is 2.25. The lowest BCUT2D eigenvalue weighted by atomic mass is 10.0. The van der Waals surface area contributed by atoms with Crippen molar-refractivity contribution in [1.29, 1.82) is 0 Å². The van der Waals surface area contributed by atoms with Crippen molar-refractivity contribution in [3.63, 3.8) is 0 Å².